The lowest BCUT2D eigenvalue weighted by molar-refractivity contribution is 0.0601. The van der Waals surface area contributed by atoms with Crippen LogP contribution in [-0.4, -0.2) is 26.2 Å². The van der Waals surface area contributed by atoms with Gasteiger partial charge in [0.1, 0.15) is 0 Å². The van der Waals surface area contributed by atoms with Crippen LogP contribution in [0.15, 0.2) is 18.2 Å². The third kappa shape index (κ3) is 4.15. The monoisotopic (exact) mass is 278 g/mol. The highest BCUT2D eigenvalue weighted by molar-refractivity contribution is 5.99. The third-order valence-corrected chi connectivity index (χ3v) is 3.35. The van der Waals surface area contributed by atoms with Crippen LogP contribution >= 0.6 is 0 Å². The topological polar surface area (TPSA) is 55.6 Å². The van der Waals surface area contributed by atoms with Crippen LogP contribution in [-0.2, 0) is 4.74 Å². The van der Waals surface area contributed by atoms with Gasteiger partial charge in [0, 0.05) is 13.1 Å². The number of carbonyl (C=O) groups excluding carboxylic acids is 1. The quantitative estimate of drug-likeness (QED) is 0.584. The molecular weight excluding hydrogens is 252 g/mol. The molecule has 0 heterocycles. The maximum atomic E-state index is 11.9. The number of para-hydroxylation sites is 1. The fourth-order valence-electron chi connectivity index (χ4n) is 2.22. The molecule has 0 amide bonds. The highest BCUT2D eigenvalue weighted by Gasteiger charge is 2.19. The minimum atomic E-state index is -0.328. The van der Waals surface area contributed by atoms with Gasteiger partial charge in [0.05, 0.1) is 24.0 Å². The van der Waals surface area contributed by atoms with Crippen molar-refractivity contribution in [2.24, 2.45) is 0 Å². The van der Waals surface area contributed by atoms with E-state index in [-0.39, 0.29) is 5.97 Å². The predicted molar refractivity (Wildman–Crippen MR) is 84.2 cm³/mol. The molecule has 20 heavy (non-hydrogen) atoms. The molecule has 0 aromatic heterocycles. The van der Waals surface area contributed by atoms with Gasteiger partial charge in [0.15, 0.2) is 0 Å². The van der Waals surface area contributed by atoms with Crippen LogP contribution in [0.5, 0.6) is 0 Å². The van der Waals surface area contributed by atoms with Gasteiger partial charge in [-0.2, -0.15) is 0 Å². The zero-order valence-electron chi connectivity index (χ0n) is 12.8. The van der Waals surface area contributed by atoms with Crippen molar-refractivity contribution in [3.8, 4) is 0 Å². The van der Waals surface area contributed by atoms with Crippen molar-refractivity contribution in [1.82, 2.24) is 0 Å². The lowest BCUT2D eigenvalue weighted by Crippen LogP contribution is -2.28. The van der Waals surface area contributed by atoms with Crippen molar-refractivity contribution in [1.29, 1.82) is 0 Å². The second-order valence-corrected chi connectivity index (χ2v) is 4.93. The Morgan fingerprint density at radius 2 is 1.80 bits per heavy atom. The summed E-state index contributed by atoms with van der Waals surface area (Å²) in [5, 5.41) is 0. The molecule has 0 atom stereocenters. The van der Waals surface area contributed by atoms with Gasteiger partial charge in [-0.1, -0.05) is 32.8 Å². The number of hydrogen-bond donors (Lipinski definition) is 1. The molecule has 0 aliphatic rings. The van der Waals surface area contributed by atoms with Gasteiger partial charge in [-0.05, 0) is 25.0 Å². The number of ether oxygens (including phenoxy) is 1. The summed E-state index contributed by atoms with van der Waals surface area (Å²) in [7, 11) is 1.40. The second-order valence-electron chi connectivity index (χ2n) is 4.93. The lowest BCUT2D eigenvalue weighted by atomic mass is 10.1. The van der Waals surface area contributed by atoms with Gasteiger partial charge in [-0.3, -0.25) is 0 Å². The number of carbonyl (C=O) groups is 1. The van der Waals surface area contributed by atoms with E-state index in [1.54, 1.807) is 12.1 Å². The van der Waals surface area contributed by atoms with E-state index in [9.17, 15) is 4.79 Å². The summed E-state index contributed by atoms with van der Waals surface area (Å²) < 4.78 is 4.87. The molecule has 0 fully saturated rings. The van der Waals surface area contributed by atoms with Gasteiger partial charge < -0.3 is 15.4 Å². The van der Waals surface area contributed by atoms with E-state index >= 15 is 0 Å². The van der Waals surface area contributed by atoms with E-state index in [1.165, 1.54) is 7.11 Å². The number of nitrogen functional groups attached to an aromatic ring is 1. The summed E-state index contributed by atoms with van der Waals surface area (Å²) in [4.78, 5) is 14.2. The van der Waals surface area contributed by atoms with E-state index in [4.69, 9.17) is 10.5 Å². The summed E-state index contributed by atoms with van der Waals surface area (Å²) in [5.41, 5.74) is 8.12. The first-order valence-corrected chi connectivity index (χ1v) is 7.37. The number of methoxy groups -OCH3 is 1. The predicted octanol–water partition coefficient (Wildman–Crippen LogP) is 3.46. The molecule has 112 valence electrons. The highest BCUT2D eigenvalue weighted by Crippen LogP contribution is 2.29. The van der Waals surface area contributed by atoms with Gasteiger partial charge in [0.2, 0.25) is 0 Å². The first-order chi connectivity index (χ1) is 9.65. The average Bonchev–Trinajstić information content (AvgIpc) is 2.47. The number of hydrogen-bond acceptors (Lipinski definition) is 4. The number of benzene rings is 1. The fourth-order valence-corrected chi connectivity index (χ4v) is 2.22. The van der Waals surface area contributed by atoms with Crippen molar-refractivity contribution in [3.63, 3.8) is 0 Å². The van der Waals surface area contributed by atoms with Crippen LogP contribution < -0.4 is 10.6 Å². The molecule has 0 radical (unpaired) electrons. The zero-order chi connectivity index (χ0) is 15.0. The Labute approximate surface area is 121 Å². The number of esters is 1. The average molecular weight is 278 g/mol. The number of nitrogens with zero attached hydrogens (tertiary/aromatic N) is 1. The molecule has 0 unspecified atom stereocenters. The van der Waals surface area contributed by atoms with Gasteiger partial charge in [-0.25, -0.2) is 4.79 Å². The van der Waals surface area contributed by atoms with Crippen LogP contribution in [0.1, 0.15) is 49.9 Å². The fraction of sp³-hybridized carbons (Fsp3) is 0.562. The summed E-state index contributed by atoms with van der Waals surface area (Å²) in [6.07, 6.45) is 4.39. The molecule has 4 nitrogen and oxygen atoms in total. The first kappa shape index (κ1) is 16.3. The molecule has 1 rings (SSSR count). The van der Waals surface area contributed by atoms with Crippen LogP contribution in [0.2, 0.25) is 0 Å². The summed E-state index contributed by atoms with van der Waals surface area (Å²) >= 11 is 0. The van der Waals surface area contributed by atoms with Gasteiger partial charge in [-0.15, -0.1) is 0 Å². The maximum Gasteiger partial charge on any atom is 0.340 e. The Kier molecular flexibility index (Phi) is 6.91. The molecule has 1 aromatic carbocycles. The van der Waals surface area contributed by atoms with Crippen molar-refractivity contribution in [2.75, 3.05) is 30.8 Å². The number of unbranched alkanes of at least 4 members (excludes halogenated alkanes) is 2. The van der Waals surface area contributed by atoms with Crippen molar-refractivity contribution in [3.05, 3.63) is 23.8 Å². The van der Waals surface area contributed by atoms with Crippen LogP contribution in [0.3, 0.4) is 0 Å². The van der Waals surface area contributed by atoms with Crippen molar-refractivity contribution in [2.45, 2.75) is 39.5 Å². The standard InChI is InChI=1S/C16H26N2O2/c1-4-6-11-18(12-7-5-2)15-13(16(19)20-3)9-8-10-14(15)17/h8-10H,4-7,11-12,17H2,1-3H3. The van der Waals surface area contributed by atoms with Crippen molar-refractivity contribution < 1.29 is 9.53 Å². The molecule has 0 saturated carbocycles. The largest absolute Gasteiger partial charge is 0.465 e. The Morgan fingerprint density at radius 3 is 2.30 bits per heavy atom. The minimum absolute atomic E-state index is 0.328. The zero-order valence-corrected chi connectivity index (χ0v) is 12.8. The molecule has 4 heteroatoms. The van der Waals surface area contributed by atoms with E-state index in [0.29, 0.717) is 11.3 Å². The first-order valence-electron chi connectivity index (χ1n) is 7.37. The summed E-state index contributed by atoms with van der Waals surface area (Å²) in [6, 6.07) is 5.41. The van der Waals surface area contributed by atoms with Gasteiger partial charge in [0.25, 0.3) is 0 Å². The molecule has 0 saturated heterocycles. The number of rotatable bonds is 8. The maximum absolute atomic E-state index is 11.9. The van der Waals surface area contributed by atoms with E-state index < -0.39 is 0 Å². The third-order valence-electron chi connectivity index (χ3n) is 3.35. The lowest BCUT2D eigenvalue weighted by Gasteiger charge is -2.27. The van der Waals surface area contributed by atoms with Crippen LogP contribution in [0.4, 0.5) is 11.4 Å². The Morgan fingerprint density at radius 1 is 1.20 bits per heavy atom. The van der Waals surface area contributed by atoms with E-state index in [0.717, 1.165) is 44.5 Å². The number of anilines is 2. The molecule has 1 aromatic rings. The molecule has 0 bridgehead atoms. The Balaban J connectivity index is 3.12. The highest BCUT2D eigenvalue weighted by atomic mass is 16.5. The van der Waals surface area contributed by atoms with E-state index in [1.807, 2.05) is 6.07 Å². The normalized spacial score (nSPS) is 10.3. The van der Waals surface area contributed by atoms with Gasteiger partial charge >= 0.3 is 5.97 Å². The second kappa shape index (κ2) is 8.46. The van der Waals surface area contributed by atoms with Crippen molar-refractivity contribution >= 4 is 17.3 Å². The molecule has 0 aliphatic carbocycles. The van der Waals surface area contributed by atoms with Crippen LogP contribution in [0, 0.1) is 0 Å². The molecule has 0 spiro atoms. The van der Waals surface area contributed by atoms with E-state index in [2.05, 4.69) is 18.7 Å². The Hall–Kier alpha value is -1.71. The SMILES string of the molecule is CCCCN(CCCC)c1c(N)cccc1C(=O)OC. The summed E-state index contributed by atoms with van der Waals surface area (Å²) in [6.45, 7) is 6.14. The van der Waals surface area contributed by atoms with Crippen LogP contribution in [0.25, 0.3) is 0 Å². The summed E-state index contributed by atoms with van der Waals surface area (Å²) in [5.74, 6) is -0.328. The minimum Gasteiger partial charge on any atom is -0.465 e. The molecule has 0 aliphatic heterocycles. The number of nitrogens with two attached hydrogens (primary N) is 1. The molecule has 2 N–H and O–H groups in total. The smallest absolute Gasteiger partial charge is 0.340 e. The molecular formula is C16H26N2O2. The Bertz CT molecular complexity index is 424.